The molecule has 1 atom stereocenters. The molecular formula is C15H16BrF3N2O2. The summed E-state index contributed by atoms with van der Waals surface area (Å²) in [6.45, 7) is 4.68. The number of aliphatic hydroxyl groups is 1. The van der Waals surface area contributed by atoms with Crippen molar-refractivity contribution < 1.29 is 23.1 Å². The Morgan fingerprint density at radius 2 is 1.96 bits per heavy atom. The molecule has 0 aromatic heterocycles. The van der Waals surface area contributed by atoms with Crippen LogP contribution in [0.1, 0.15) is 37.6 Å². The van der Waals surface area contributed by atoms with Crippen LogP contribution in [-0.2, 0) is 0 Å². The van der Waals surface area contributed by atoms with Gasteiger partial charge < -0.3 is 5.11 Å². The van der Waals surface area contributed by atoms with Gasteiger partial charge in [0.2, 0.25) is 0 Å². The molecule has 1 N–H and O–H groups in total. The number of hydrogen-bond donors (Lipinski definition) is 1. The van der Waals surface area contributed by atoms with Gasteiger partial charge in [-0.1, -0.05) is 42.8 Å². The maximum absolute atomic E-state index is 13.0. The topological polar surface area (TPSA) is 52.9 Å². The third kappa shape index (κ3) is 3.28. The normalized spacial score (nSPS) is 22.3. The van der Waals surface area contributed by atoms with E-state index in [2.05, 4.69) is 21.0 Å². The summed E-state index contributed by atoms with van der Waals surface area (Å²) in [7, 11) is 0. The van der Waals surface area contributed by atoms with Crippen LogP contribution in [0.5, 0.6) is 0 Å². The number of nitrogens with zero attached hydrogens (tertiary/aromatic N) is 2. The summed E-state index contributed by atoms with van der Waals surface area (Å²) >= 11 is 3.20. The number of hydrazone groups is 1. The maximum Gasteiger partial charge on any atom is 0.431 e. The highest BCUT2D eigenvalue weighted by Gasteiger charge is 2.57. The Morgan fingerprint density at radius 3 is 2.43 bits per heavy atom. The summed E-state index contributed by atoms with van der Waals surface area (Å²) in [5.74, 6) is -0.789. The van der Waals surface area contributed by atoms with Crippen molar-refractivity contribution in [1.82, 2.24) is 5.01 Å². The zero-order valence-corrected chi connectivity index (χ0v) is 14.4. The highest BCUT2D eigenvalue weighted by atomic mass is 79.9. The van der Waals surface area contributed by atoms with E-state index in [4.69, 9.17) is 0 Å². The van der Waals surface area contributed by atoms with Crippen LogP contribution in [0.25, 0.3) is 0 Å². The summed E-state index contributed by atoms with van der Waals surface area (Å²) < 4.78 is 39.6. The Kier molecular flexibility index (Phi) is 4.36. The third-order valence-corrected chi connectivity index (χ3v) is 4.27. The van der Waals surface area contributed by atoms with Crippen LogP contribution in [0.15, 0.2) is 33.8 Å². The molecule has 0 aliphatic carbocycles. The second-order valence-corrected chi connectivity index (χ2v) is 7.33. The van der Waals surface area contributed by atoms with Crippen molar-refractivity contribution in [3.63, 3.8) is 0 Å². The van der Waals surface area contributed by atoms with E-state index in [1.807, 2.05) is 0 Å². The SMILES string of the molecule is CC(C)(C)[C@]1(O)CC(C(F)(F)F)=NN1C(=O)c1cccc(Br)c1. The van der Waals surface area contributed by atoms with Gasteiger partial charge in [0, 0.05) is 21.9 Å². The van der Waals surface area contributed by atoms with Gasteiger partial charge in [-0.15, -0.1) is 0 Å². The Balaban J connectivity index is 2.50. The Labute approximate surface area is 140 Å². The summed E-state index contributed by atoms with van der Waals surface area (Å²) in [6.07, 6.45) is -5.47. The smallest absolute Gasteiger partial charge is 0.368 e. The quantitative estimate of drug-likeness (QED) is 0.786. The first-order valence-electron chi connectivity index (χ1n) is 6.83. The second-order valence-electron chi connectivity index (χ2n) is 6.42. The number of alkyl halides is 3. The molecule has 1 heterocycles. The molecule has 0 bridgehead atoms. The molecule has 1 aromatic carbocycles. The Morgan fingerprint density at radius 1 is 1.35 bits per heavy atom. The zero-order valence-electron chi connectivity index (χ0n) is 12.8. The molecule has 0 fully saturated rings. The highest BCUT2D eigenvalue weighted by Crippen LogP contribution is 2.44. The lowest BCUT2D eigenvalue weighted by Crippen LogP contribution is -2.55. The van der Waals surface area contributed by atoms with Crippen molar-refractivity contribution >= 4 is 27.5 Å². The minimum absolute atomic E-state index is 0.134. The maximum atomic E-state index is 13.0. The van der Waals surface area contributed by atoms with Gasteiger partial charge in [0.1, 0.15) is 5.71 Å². The highest BCUT2D eigenvalue weighted by molar-refractivity contribution is 9.10. The van der Waals surface area contributed by atoms with Crippen molar-refractivity contribution in [2.45, 2.75) is 39.1 Å². The van der Waals surface area contributed by atoms with Crippen molar-refractivity contribution in [2.24, 2.45) is 10.5 Å². The van der Waals surface area contributed by atoms with E-state index < -0.39 is 35.4 Å². The minimum Gasteiger partial charge on any atom is -0.368 e. The molecule has 0 radical (unpaired) electrons. The predicted octanol–water partition coefficient (Wildman–Crippen LogP) is 3.95. The van der Waals surface area contributed by atoms with Crippen LogP contribution in [0.4, 0.5) is 13.2 Å². The van der Waals surface area contributed by atoms with E-state index >= 15 is 0 Å². The molecule has 1 aliphatic heterocycles. The van der Waals surface area contributed by atoms with Gasteiger partial charge in [-0.05, 0) is 18.2 Å². The number of carbonyl (C=O) groups excluding carboxylic acids is 1. The Bertz CT molecular complexity index is 667. The number of benzene rings is 1. The van der Waals surface area contributed by atoms with Gasteiger partial charge in [0.05, 0.1) is 0 Å². The van der Waals surface area contributed by atoms with E-state index in [9.17, 15) is 23.1 Å². The van der Waals surface area contributed by atoms with E-state index in [0.717, 1.165) is 0 Å². The van der Waals surface area contributed by atoms with E-state index in [1.54, 1.807) is 32.9 Å². The first-order valence-corrected chi connectivity index (χ1v) is 7.63. The van der Waals surface area contributed by atoms with E-state index in [0.29, 0.717) is 9.48 Å². The largest absolute Gasteiger partial charge is 0.431 e. The molecule has 0 saturated carbocycles. The van der Waals surface area contributed by atoms with Gasteiger partial charge in [0.15, 0.2) is 5.72 Å². The number of amides is 1. The first-order chi connectivity index (χ1) is 10.4. The lowest BCUT2D eigenvalue weighted by molar-refractivity contribution is -0.144. The minimum atomic E-state index is -4.70. The standard InChI is InChI=1S/C15H16BrF3N2O2/c1-13(2,3)14(23)8-11(15(17,18)19)20-21(14)12(22)9-5-4-6-10(16)7-9/h4-7,23H,8H2,1-3H3/t14-/m1/s1. The van der Waals surface area contributed by atoms with Crippen LogP contribution in [-0.4, -0.2) is 33.6 Å². The molecular weight excluding hydrogens is 377 g/mol. The summed E-state index contributed by atoms with van der Waals surface area (Å²) in [5.41, 5.74) is -4.12. The lowest BCUT2D eigenvalue weighted by Gasteiger charge is -2.41. The molecule has 1 aromatic rings. The molecule has 1 aliphatic rings. The molecule has 23 heavy (non-hydrogen) atoms. The van der Waals surface area contributed by atoms with Crippen molar-refractivity contribution in [2.75, 3.05) is 0 Å². The molecule has 2 rings (SSSR count). The molecule has 126 valence electrons. The predicted molar refractivity (Wildman–Crippen MR) is 82.8 cm³/mol. The fourth-order valence-electron chi connectivity index (χ4n) is 2.24. The monoisotopic (exact) mass is 392 g/mol. The third-order valence-electron chi connectivity index (χ3n) is 3.78. The fourth-order valence-corrected chi connectivity index (χ4v) is 2.64. The Hall–Kier alpha value is -1.41. The summed E-state index contributed by atoms with van der Waals surface area (Å²) in [5, 5.41) is 14.7. The molecule has 0 spiro atoms. The van der Waals surface area contributed by atoms with E-state index in [-0.39, 0.29) is 5.56 Å². The first kappa shape index (κ1) is 17.9. The summed E-state index contributed by atoms with van der Waals surface area (Å²) in [4.78, 5) is 12.6. The van der Waals surface area contributed by atoms with Gasteiger partial charge >= 0.3 is 6.18 Å². The van der Waals surface area contributed by atoms with Crippen LogP contribution in [0.3, 0.4) is 0 Å². The lowest BCUT2D eigenvalue weighted by atomic mass is 9.80. The number of rotatable bonds is 1. The fraction of sp³-hybridized carbons (Fsp3) is 0.467. The van der Waals surface area contributed by atoms with Crippen molar-refractivity contribution in [1.29, 1.82) is 0 Å². The number of hydrogen-bond acceptors (Lipinski definition) is 3. The van der Waals surface area contributed by atoms with Crippen LogP contribution < -0.4 is 0 Å². The van der Waals surface area contributed by atoms with Crippen molar-refractivity contribution in [3.05, 3.63) is 34.3 Å². The molecule has 0 saturated heterocycles. The van der Waals surface area contributed by atoms with Gasteiger partial charge in [-0.3, -0.25) is 4.79 Å². The molecule has 8 heteroatoms. The average molecular weight is 393 g/mol. The van der Waals surface area contributed by atoms with Crippen LogP contribution in [0, 0.1) is 5.41 Å². The number of halogens is 4. The number of carbonyl (C=O) groups is 1. The zero-order chi connectivity index (χ0) is 17.6. The van der Waals surface area contributed by atoms with Gasteiger partial charge in [0.25, 0.3) is 5.91 Å². The van der Waals surface area contributed by atoms with Crippen LogP contribution >= 0.6 is 15.9 Å². The molecule has 0 unspecified atom stereocenters. The molecule has 4 nitrogen and oxygen atoms in total. The second kappa shape index (κ2) is 5.59. The van der Waals surface area contributed by atoms with Crippen LogP contribution in [0.2, 0.25) is 0 Å². The van der Waals surface area contributed by atoms with Crippen molar-refractivity contribution in [3.8, 4) is 0 Å². The van der Waals surface area contributed by atoms with E-state index in [1.165, 1.54) is 12.1 Å². The summed E-state index contributed by atoms with van der Waals surface area (Å²) in [6, 6.07) is 6.18. The van der Waals surface area contributed by atoms with Gasteiger partial charge in [-0.25, -0.2) is 0 Å². The molecule has 1 amide bonds. The average Bonchev–Trinajstić information content (AvgIpc) is 2.77. The van der Waals surface area contributed by atoms with Gasteiger partial charge in [-0.2, -0.15) is 23.3 Å².